The maximum atomic E-state index is 9.02. The highest BCUT2D eigenvalue weighted by Gasteiger charge is 2.14. The van der Waals surface area contributed by atoms with Gasteiger partial charge in [-0.05, 0) is 18.3 Å². The van der Waals surface area contributed by atoms with E-state index < -0.39 is 0 Å². The number of aliphatic hydroxyl groups excluding tert-OH is 1. The number of alkyl halides is 1. The molecular formula is C11H23ClO. The molecule has 2 heteroatoms. The first-order valence-electron chi connectivity index (χ1n) is 5.29. The molecule has 0 unspecified atom stereocenters. The lowest BCUT2D eigenvalue weighted by Gasteiger charge is -2.20. The summed E-state index contributed by atoms with van der Waals surface area (Å²) in [5, 5.41) is 9.02. The molecule has 0 aliphatic rings. The maximum absolute atomic E-state index is 9.02. The predicted octanol–water partition coefficient (Wildman–Crippen LogP) is 3.58. The van der Waals surface area contributed by atoms with Gasteiger partial charge in [-0.2, -0.15) is 0 Å². The molecule has 0 radical (unpaired) electrons. The van der Waals surface area contributed by atoms with E-state index in [1.165, 1.54) is 25.7 Å². The number of halogens is 1. The molecule has 0 aromatic rings. The van der Waals surface area contributed by atoms with Crippen LogP contribution in [0.15, 0.2) is 0 Å². The normalized spacial score (nSPS) is 12.0. The number of aliphatic hydroxyl groups is 1. The van der Waals surface area contributed by atoms with Crippen molar-refractivity contribution in [2.24, 2.45) is 5.41 Å². The van der Waals surface area contributed by atoms with Crippen LogP contribution < -0.4 is 0 Å². The van der Waals surface area contributed by atoms with Crippen LogP contribution in [0.2, 0.25) is 0 Å². The van der Waals surface area contributed by atoms with Gasteiger partial charge in [0.2, 0.25) is 0 Å². The van der Waals surface area contributed by atoms with Crippen LogP contribution in [0.4, 0.5) is 0 Å². The summed E-state index contributed by atoms with van der Waals surface area (Å²) in [5.41, 5.74) is 0.118. The second-order valence-electron chi connectivity index (χ2n) is 4.53. The van der Waals surface area contributed by atoms with Crippen molar-refractivity contribution >= 4 is 11.6 Å². The average molecular weight is 207 g/mol. The summed E-state index contributed by atoms with van der Waals surface area (Å²) in [6.07, 6.45) is 7.32. The molecule has 0 aromatic carbocycles. The zero-order valence-electron chi connectivity index (χ0n) is 8.98. The SMILES string of the molecule is CC(C)(CO)CCCCCCCCl. The fourth-order valence-corrected chi connectivity index (χ4v) is 1.50. The Morgan fingerprint density at radius 3 is 2.08 bits per heavy atom. The monoisotopic (exact) mass is 206 g/mol. The summed E-state index contributed by atoms with van der Waals surface area (Å²) in [7, 11) is 0. The number of unbranched alkanes of at least 4 members (excludes halogenated alkanes) is 4. The Morgan fingerprint density at radius 2 is 1.54 bits per heavy atom. The van der Waals surface area contributed by atoms with Crippen molar-refractivity contribution in [3.63, 3.8) is 0 Å². The Bertz CT molecular complexity index is 113. The van der Waals surface area contributed by atoms with E-state index in [0.29, 0.717) is 6.61 Å². The van der Waals surface area contributed by atoms with E-state index >= 15 is 0 Å². The van der Waals surface area contributed by atoms with E-state index in [1.54, 1.807) is 0 Å². The Morgan fingerprint density at radius 1 is 1.00 bits per heavy atom. The molecule has 0 aromatic heterocycles. The smallest absolute Gasteiger partial charge is 0.0482 e. The van der Waals surface area contributed by atoms with Gasteiger partial charge in [-0.15, -0.1) is 11.6 Å². The van der Waals surface area contributed by atoms with Crippen molar-refractivity contribution in [2.75, 3.05) is 12.5 Å². The summed E-state index contributed by atoms with van der Waals surface area (Å²) in [6.45, 7) is 4.53. The minimum absolute atomic E-state index is 0.118. The number of rotatable bonds is 8. The van der Waals surface area contributed by atoms with Crippen LogP contribution >= 0.6 is 11.6 Å². The van der Waals surface area contributed by atoms with Crippen LogP contribution in [0.25, 0.3) is 0 Å². The van der Waals surface area contributed by atoms with Crippen molar-refractivity contribution in [3.8, 4) is 0 Å². The van der Waals surface area contributed by atoms with Gasteiger partial charge in [0.1, 0.15) is 0 Å². The summed E-state index contributed by atoms with van der Waals surface area (Å²) in [6, 6.07) is 0. The van der Waals surface area contributed by atoms with Gasteiger partial charge in [-0.25, -0.2) is 0 Å². The molecule has 80 valence electrons. The Hall–Kier alpha value is 0.250. The minimum Gasteiger partial charge on any atom is -0.396 e. The van der Waals surface area contributed by atoms with E-state index in [1.807, 2.05) is 0 Å². The molecular weight excluding hydrogens is 184 g/mol. The lowest BCUT2D eigenvalue weighted by molar-refractivity contribution is 0.147. The lowest BCUT2D eigenvalue weighted by atomic mass is 9.88. The molecule has 13 heavy (non-hydrogen) atoms. The average Bonchev–Trinajstić information content (AvgIpc) is 2.11. The van der Waals surface area contributed by atoms with Gasteiger partial charge in [-0.3, -0.25) is 0 Å². The summed E-state index contributed by atoms with van der Waals surface area (Å²) in [5.74, 6) is 0.794. The first kappa shape index (κ1) is 13.2. The van der Waals surface area contributed by atoms with E-state index in [-0.39, 0.29) is 5.41 Å². The molecule has 0 atom stereocenters. The van der Waals surface area contributed by atoms with Crippen molar-refractivity contribution in [2.45, 2.75) is 52.4 Å². The van der Waals surface area contributed by atoms with E-state index in [9.17, 15) is 0 Å². The Balaban J connectivity index is 3.16. The van der Waals surface area contributed by atoms with Gasteiger partial charge in [0, 0.05) is 12.5 Å². The Labute approximate surface area is 87.5 Å². The quantitative estimate of drug-likeness (QED) is 0.476. The first-order valence-corrected chi connectivity index (χ1v) is 5.83. The maximum Gasteiger partial charge on any atom is 0.0482 e. The molecule has 0 rings (SSSR count). The third-order valence-corrected chi connectivity index (χ3v) is 2.68. The van der Waals surface area contributed by atoms with Crippen LogP contribution in [0.5, 0.6) is 0 Å². The van der Waals surface area contributed by atoms with Crippen molar-refractivity contribution in [3.05, 3.63) is 0 Å². The van der Waals surface area contributed by atoms with Gasteiger partial charge in [0.05, 0.1) is 0 Å². The van der Waals surface area contributed by atoms with Gasteiger partial charge in [0.15, 0.2) is 0 Å². The standard InChI is InChI=1S/C11H23ClO/c1-11(2,10-13)8-6-4-3-5-7-9-12/h13H,3-10H2,1-2H3. The first-order chi connectivity index (χ1) is 6.12. The summed E-state index contributed by atoms with van der Waals surface area (Å²) in [4.78, 5) is 0. The summed E-state index contributed by atoms with van der Waals surface area (Å²) >= 11 is 5.58. The summed E-state index contributed by atoms with van der Waals surface area (Å²) < 4.78 is 0. The molecule has 0 amide bonds. The van der Waals surface area contributed by atoms with Gasteiger partial charge in [0.25, 0.3) is 0 Å². The fraction of sp³-hybridized carbons (Fsp3) is 1.00. The lowest BCUT2D eigenvalue weighted by Crippen LogP contribution is -2.16. The fourth-order valence-electron chi connectivity index (χ4n) is 1.31. The molecule has 1 N–H and O–H groups in total. The predicted molar refractivity (Wildman–Crippen MR) is 59.3 cm³/mol. The molecule has 0 aliphatic heterocycles. The van der Waals surface area contributed by atoms with Crippen molar-refractivity contribution in [1.29, 1.82) is 0 Å². The molecule has 0 saturated heterocycles. The number of hydrogen-bond donors (Lipinski definition) is 1. The van der Waals surface area contributed by atoms with Gasteiger partial charge in [-0.1, -0.05) is 39.5 Å². The molecule has 0 spiro atoms. The molecule has 0 saturated carbocycles. The highest BCUT2D eigenvalue weighted by molar-refractivity contribution is 6.17. The molecule has 0 fully saturated rings. The number of hydrogen-bond acceptors (Lipinski definition) is 1. The Kier molecular flexibility index (Phi) is 7.78. The van der Waals surface area contributed by atoms with E-state index in [4.69, 9.17) is 16.7 Å². The van der Waals surface area contributed by atoms with Crippen LogP contribution in [-0.2, 0) is 0 Å². The third-order valence-electron chi connectivity index (χ3n) is 2.42. The highest BCUT2D eigenvalue weighted by Crippen LogP contribution is 2.22. The zero-order chi connectivity index (χ0) is 10.2. The second-order valence-corrected chi connectivity index (χ2v) is 4.91. The third kappa shape index (κ3) is 8.58. The van der Waals surface area contributed by atoms with Gasteiger partial charge >= 0.3 is 0 Å². The van der Waals surface area contributed by atoms with Crippen molar-refractivity contribution < 1.29 is 5.11 Å². The van der Waals surface area contributed by atoms with Gasteiger partial charge < -0.3 is 5.11 Å². The molecule has 0 bridgehead atoms. The molecule has 0 aliphatic carbocycles. The van der Waals surface area contributed by atoms with Crippen LogP contribution in [0.1, 0.15) is 52.4 Å². The van der Waals surface area contributed by atoms with Crippen LogP contribution in [-0.4, -0.2) is 17.6 Å². The topological polar surface area (TPSA) is 20.2 Å². The highest BCUT2D eigenvalue weighted by atomic mass is 35.5. The minimum atomic E-state index is 0.118. The second kappa shape index (κ2) is 7.64. The molecule has 1 nitrogen and oxygen atoms in total. The van der Waals surface area contributed by atoms with Crippen LogP contribution in [0, 0.1) is 5.41 Å². The molecule has 0 heterocycles. The van der Waals surface area contributed by atoms with E-state index in [0.717, 1.165) is 18.7 Å². The van der Waals surface area contributed by atoms with Crippen LogP contribution in [0.3, 0.4) is 0 Å². The zero-order valence-corrected chi connectivity index (χ0v) is 9.74. The largest absolute Gasteiger partial charge is 0.396 e. The van der Waals surface area contributed by atoms with Crippen molar-refractivity contribution in [1.82, 2.24) is 0 Å². The van der Waals surface area contributed by atoms with E-state index in [2.05, 4.69) is 13.8 Å².